The number of hydrogen-bond acceptors (Lipinski definition) is 4. The van der Waals surface area contributed by atoms with Crippen molar-refractivity contribution in [1.82, 2.24) is 9.78 Å². The third kappa shape index (κ3) is 2.43. The van der Waals surface area contributed by atoms with Crippen LogP contribution in [-0.4, -0.2) is 34.8 Å². The predicted octanol–water partition coefficient (Wildman–Crippen LogP) is 1.64. The van der Waals surface area contributed by atoms with Crippen molar-refractivity contribution in [3.05, 3.63) is 16.9 Å². The average Bonchev–Trinajstić information content (AvgIpc) is 2.93. The van der Waals surface area contributed by atoms with E-state index in [1.165, 1.54) is 6.20 Å². The third-order valence-corrected chi connectivity index (χ3v) is 3.74. The van der Waals surface area contributed by atoms with E-state index in [1.807, 2.05) is 0 Å². The maximum absolute atomic E-state index is 12.5. The summed E-state index contributed by atoms with van der Waals surface area (Å²) in [6.45, 7) is 0.982. The minimum absolute atomic E-state index is 0.0985. The maximum atomic E-state index is 12.5. The molecule has 2 N–H and O–H groups in total. The van der Waals surface area contributed by atoms with E-state index >= 15 is 0 Å². The fraction of sp³-hybridized carbons (Fsp3) is 0.667. The van der Waals surface area contributed by atoms with Crippen LogP contribution in [0.1, 0.15) is 36.2 Å². The van der Waals surface area contributed by atoms with Gasteiger partial charge in [-0.05, 0) is 12.8 Å². The van der Waals surface area contributed by atoms with E-state index in [1.54, 1.807) is 11.8 Å². The molecular weight excluding hydrogens is 254 g/mol. The minimum Gasteiger partial charge on any atom is -0.383 e. The average molecular weight is 272 g/mol. The molecule has 2 rings (SSSR count). The number of methoxy groups -OCH3 is 1. The Hall–Kier alpha value is -0.910. The third-order valence-electron chi connectivity index (χ3n) is 3.47. The summed E-state index contributed by atoms with van der Waals surface area (Å²) in [7, 11) is 1.61. The summed E-state index contributed by atoms with van der Waals surface area (Å²) < 4.78 is 6.58. The van der Waals surface area contributed by atoms with Crippen LogP contribution in [0.4, 0.5) is 0 Å². The topological polar surface area (TPSA) is 70.1 Å². The van der Waals surface area contributed by atoms with Crippen molar-refractivity contribution in [2.75, 3.05) is 13.7 Å². The molecule has 0 spiro atoms. The Morgan fingerprint density at radius 2 is 2.28 bits per heavy atom. The Morgan fingerprint density at radius 3 is 2.89 bits per heavy atom. The molecule has 0 bridgehead atoms. The molecule has 1 heterocycles. The normalized spacial score (nSPS) is 18.2. The van der Waals surface area contributed by atoms with Crippen LogP contribution in [0, 0.1) is 0 Å². The molecule has 0 atom stereocenters. The van der Waals surface area contributed by atoms with Crippen molar-refractivity contribution in [3.8, 4) is 0 Å². The fourth-order valence-electron chi connectivity index (χ4n) is 2.40. The second kappa shape index (κ2) is 5.38. The van der Waals surface area contributed by atoms with E-state index in [0.29, 0.717) is 23.9 Å². The Morgan fingerprint density at radius 1 is 1.61 bits per heavy atom. The van der Waals surface area contributed by atoms with Gasteiger partial charge in [0.2, 0.25) is 5.78 Å². The number of rotatable bonds is 5. The SMILES string of the molecule is COCCn1ncc(Cl)c1C(=O)C1(N)CCCC1. The summed E-state index contributed by atoms with van der Waals surface area (Å²) in [5, 5.41) is 4.47. The van der Waals surface area contributed by atoms with Gasteiger partial charge in [-0.15, -0.1) is 0 Å². The van der Waals surface area contributed by atoms with Crippen molar-refractivity contribution in [1.29, 1.82) is 0 Å². The molecule has 5 nitrogen and oxygen atoms in total. The van der Waals surface area contributed by atoms with Gasteiger partial charge >= 0.3 is 0 Å². The first-order valence-electron chi connectivity index (χ1n) is 6.12. The molecule has 1 aliphatic rings. The summed E-state index contributed by atoms with van der Waals surface area (Å²) in [6, 6.07) is 0. The van der Waals surface area contributed by atoms with Crippen LogP contribution in [0.5, 0.6) is 0 Å². The van der Waals surface area contributed by atoms with Gasteiger partial charge in [0.25, 0.3) is 0 Å². The molecule has 1 fully saturated rings. The van der Waals surface area contributed by atoms with Crippen LogP contribution < -0.4 is 5.73 Å². The fourth-order valence-corrected chi connectivity index (χ4v) is 2.63. The van der Waals surface area contributed by atoms with Crippen LogP contribution in [0.25, 0.3) is 0 Å². The number of nitrogens with two attached hydrogens (primary N) is 1. The molecule has 1 aliphatic carbocycles. The molecule has 0 unspecified atom stereocenters. The Labute approximate surface area is 111 Å². The minimum atomic E-state index is -0.769. The maximum Gasteiger partial charge on any atom is 0.202 e. The molecule has 0 radical (unpaired) electrons. The molecule has 18 heavy (non-hydrogen) atoms. The zero-order valence-electron chi connectivity index (χ0n) is 10.5. The number of ketones is 1. The predicted molar refractivity (Wildman–Crippen MR) is 68.8 cm³/mol. The van der Waals surface area contributed by atoms with Gasteiger partial charge in [0.05, 0.1) is 29.9 Å². The highest BCUT2D eigenvalue weighted by atomic mass is 35.5. The summed E-state index contributed by atoms with van der Waals surface area (Å²) in [5.74, 6) is -0.0985. The molecule has 6 heteroatoms. The quantitative estimate of drug-likeness (QED) is 0.827. The molecule has 1 saturated carbocycles. The van der Waals surface area contributed by atoms with Crippen molar-refractivity contribution in [3.63, 3.8) is 0 Å². The lowest BCUT2D eigenvalue weighted by Crippen LogP contribution is -2.46. The number of aromatic nitrogens is 2. The number of carbonyl (C=O) groups excluding carboxylic acids is 1. The van der Waals surface area contributed by atoms with Crippen LogP contribution >= 0.6 is 11.6 Å². The smallest absolute Gasteiger partial charge is 0.202 e. The number of nitrogens with zero attached hydrogens (tertiary/aromatic N) is 2. The zero-order valence-corrected chi connectivity index (χ0v) is 11.2. The molecule has 0 aromatic carbocycles. The van der Waals surface area contributed by atoms with E-state index in [2.05, 4.69) is 5.10 Å². The van der Waals surface area contributed by atoms with Crippen LogP contribution in [0.3, 0.4) is 0 Å². The lowest BCUT2D eigenvalue weighted by atomic mass is 9.91. The standard InChI is InChI=1S/C12H18ClN3O2/c1-18-7-6-16-10(9(13)8-15-16)11(17)12(14)4-2-3-5-12/h8H,2-7,14H2,1H3. The van der Waals surface area contributed by atoms with Gasteiger partial charge in [-0.2, -0.15) is 5.10 Å². The van der Waals surface area contributed by atoms with Crippen LogP contribution in [0.2, 0.25) is 5.02 Å². The highest BCUT2D eigenvalue weighted by molar-refractivity contribution is 6.34. The molecule has 1 aromatic heterocycles. The van der Waals surface area contributed by atoms with Crippen LogP contribution in [-0.2, 0) is 11.3 Å². The van der Waals surface area contributed by atoms with Gasteiger partial charge in [0.15, 0.2) is 0 Å². The molecule has 1 aromatic rings. The van der Waals surface area contributed by atoms with Gasteiger partial charge in [-0.3, -0.25) is 9.48 Å². The van der Waals surface area contributed by atoms with Gasteiger partial charge in [0.1, 0.15) is 5.69 Å². The van der Waals surface area contributed by atoms with Gasteiger partial charge in [-0.25, -0.2) is 0 Å². The number of hydrogen-bond donors (Lipinski definition) is 1. The largest absolute Gasteiger partial charge is 0.383 e. The molecular formula is C12H18ClN3O2. The summed E-state index contributed by atoms with van der Waals surface area (Å²) in [4.78, 5) is 12.5. The van der Waals surface area contributed by atoms with Crippen molar-refractivity contribution in [2.45, 2.75) is 37.8 Å². The second-order valence-corrected chi connectivity index (χ2v) is 5.16. The second-order valence-electron chi connectivity index (χ2n) is 4.75. The molecule has 0 amide bonds. The Bertz CT molecular complexity index is 439. The van der Waals surface area contributed by atoms with Crippen molar-refractivity contribution in [2.24, 2.45) is 5.73 Å². The van der Waals surface area contributed by atoms with E-state index in [4.69, 9.17) is 22.1 Å². The molecule has 100 valence electrons. The van der Waals surface area contributed by atoms with Crippen LogP contribution in [0.15, 0.2) is 6.20 Å². The van der Waals surface area contributed by atoms with Crippen molar-refractivity contribution < 1.29 is 9.53 Å². The lowest BCUT2D eigenvalue weighted by molar-refractivity contribution is 0.0877. The molecule has 0 aliphatic heterocycles. The van der Waals surface area contributed by atoms with E-state index in [-0.39, 0.29) is 5.78 Å². The monoisotopic (exact) mass is 271 g/mol. The first-order valence-corrected chi connectivity index (χ1v) is 6.50. The van der Waals surface area contributed by atoms with E-state index in [0.717, 1.165) is 25.7 Å². The first-order chi connectivity index (χ1) is 8.58. The van der Waals surface area contributed by atoms with E-state index < -0.39 is 5.54 Å². The van der Waals surface area contributed by atoms with Gasteiger partial charge in [0, 0.05) is 7.11 Å². The van der Waals surface area contributed by atoms with Crippen molar-refractivity contribution >= 4 is 17.4 Å². The first kappa shape index (κ1) is 13.5. The number of ether oxygens (including phenoxy) is 1. The lowest BCUT2D eigenvalue weighted by Gasteiger charge is -2.22. The summed E-state index contributed by atoms with van der Waals surface area (Å²) in [5.41, 5.74) is 5.83. The Kier molecular flexibility index (Phi) is 4.04. The highest BCUT2D eigenvalue weighted by Gasteiger charge is 2.40. The number of carbonyl (C=O) groups is 1. The summed E-state index contributed by atoms with van der Waals surface area (Å²) >= 11 is 6.06. The molecule has 0 saturated heterocycles. The summed E-state index contributed by atoms with van der Waals surface area (Å²) in [6.07, 6.45) is 4.91. The Balaban J connectivity index is 2.26. The van der Waals surface area contributed by atoms with Gasteiger partial charge in [-0.1, -0.05) is 24.4 Å². The highest BCUT2D eigenvalue weighted by Crippen LogP contribution is 2.32. The zero-order chi connectivity index (χ0) is 13.2. The number of halogens is 1. The van der Waals surface area contributed by atoms with E-state index in [9.17, 15) is 4.79 Å². The van der Waals surface area contributed by atoms with Gasteiger partial charge < -0.3 is 10.5 Å². The number of Topliss-reactive ketones (excluding diaryl/α,β-unsaturated/α-hetero) is 1.